The molecule has 16 rings (SSSR count). The molecule has 0 spiro atoms. The second-order valence-electron chi connectivity index (χ2n) is 33.0. The number of hydrogen-bond acceptors (Lipinski definition) is 30. The molecule has 2 heterocycles. The van der Waals surface area contributed by atoms with Crippen molar-refractivity contribution < 1.29 is 150 Å². The van der Waals surface area contributed by atoms with Crippen LogP contribution in [0.2, 0.25) is 0 Å². The van der Waals surface area contributed by atoms with Crippen molar-refractivity contribution in [3.63, 3.8) is 0 Å². The third-order valence-electron chi connectivity index (χ3n) is 25.7. The summed E-state index contributed by atoms with van der Waals surface area (Å²) in [6.45, 7) is 6.11. The molecule has 7 atom stereocenters. The first-order chi connectivity index (χ1) is 47.1. The van der Waals surface area contributed by atoms with Crippen LogP contribution in [0.1, 0.15) is 183 Å². The van der Waals surface area contributed by atoms with Crippen LogP contribution in [-0.2, 0) is 122 Å². The molecule has 103 heavy (non-hydrogen) atoms. The summed E-state index contributed by atoms with van der Waals surface area (Å²) in [7, 11) is -23.7. The number of ether oxygens (including phenoxy) is 7. The Morgan fingerprint density at radius 1 is 0.466 bits per heavy atom. The predicted octanol–water partition coefficient (Wildman–Crippen LogP) is 4.77. The van der Waals surface area contributed by atoms with Crippen LogP contribution < -0.4 is 0 Å². The van der Waals surface area contributed by atoms with Crippen molar-refractivity contribution in [2.24, 2.45) is 91.2 Å². The lowest BCUT2D eigenvalue weighted by atomic mass is 9.49. The average Bonchev–Trinajstić information content (AvgIpc) is 1.53. The van der Waals surface area contributed by atoms with Gasteiger partial charge in [-0.15, -0.1) is 0 Å². The number of fused-ring (bicyclic) bond motifs is 4. The van der Waals surface area contributed by atoms with Crippen molar-refractivity contribution >= 4 is 98.2 Å². The molecule has 30 nitrogen and oxygen atoms in total. The summed E-state index contributed by atoms with van der Waals surface area (Å²) in [6.07, 6.45) is 16.6. The van der Waals surface area contributed by atoms with Gasteiger partial charge in [0.25, 0.3) is 0 Å². The van der Waals surface area contributed by atoms with E-state index >= 15 is 0 Å². The van der Waals surface area contributed by atoms with Crippen molar-refractivity contribution in [1.82, 2.24) is 0 Å². The Balaban J connectivity index is 0.000000150. The van der Waals surface area contributed by atoms with E-state index in [9.17, 15) is 116 Å². The third kappa shape index (κ3) is 17.1. The maximum Gasteiger partial charge on any atom is 0.367 e. The van der Waals surface area contributed by atoms with Crippen LogP contribution >= 0.6 is 0 Å². The first-order valence-corrected chi connectivity index (χ1v) is 42.3. The molecule has 0 N–H and O–H groups in total. The van der Waals surface area contributed by atoms with E-state index in [0.29, 0.717) is 55.8 Å². The molecule has 0 aromatic carbocycles. The summed E-state index contributed by atoms with van der Waals surface area (Å²) >= 11 is 0. The van der Waals surface area contributed by atoms with Crippen molar-refractivity contribution in [2.45, 2.75) is 205 Å². The van der Waals surface area contributed by atoms with Crippen molar-refractivity contribution in [3.05, 3.63) is 0 Å². The van der Waals surface area contributed by atoms with Crippen LogP contribution in [0.3, 0.4) is 0 Å². The molecular formula is C65H90F3O30S5-5. The van der Waals surface area contributed by atoms with Crippen LogP contribution in [0.25, 0.3) is 0 Å². The fourth-order valence-electron chi connectivity index (χ4n) is 20.6. The number of hydrogen-bond donors (Lipinski definition) is 0. The minimum atomic E-state index is -5.96. The zero-order valence-corrected chi connectivity index (χ0v) is 62.2. The van der Waals surface area contributed by atoms with Gasteiger partial charge in [-0.05, 0) is 196 Å². The fourth-order valence-corrected chi connectivity index (χ4v) is 22.2. The van der Waals surface area contributed by atoms with E-state index in [1.807, 2.05) is 0 Å². The zero-order valence-electron chi connectivity index (χ0n) is 58.1. The normalized spacial score (nSPS) is 37.1. The standard InChI is InChI=1S/C14H22O5S.C13H19FO7S.C13H18O6S.C13H20O5S.C12H16F2O7S/c15-13(19-1-2-20(16,17)18)9-14-6-10-3-11(7-14)5-12(4-10)8-14;1-11(2)12(3)4-5-13(11,21-9(12)15)10(16)20-6-8(14)7-22(17,18)19;14-11-9-3-8-4-10(11)7-13(5-8,6-9)12(15)19-1-2-20(16,17)18;14-12(18-1-2-19(15,16)17)13-6-9-3-10(7-13)5-11(4-9)8-13;1-9(2)10(3)4-5-11(9,21-7(10)15)8(16)20-6-12(13,14)22(17,18)19/h10-12H,1-9H2,(H,16,17,18);8H,4-7H2,1-3H3,(H,17,18,19);8-10H,1-7H2,(H,16,17,18);9-11H,1-8H2,(H,15,16,17);4-6H2,1-3H3,(H,17,18,19)/p-5. The highest BCUT2D eigenvalue weighted by Crippen LogP contribution is 2.68. The Bertz CT molecular complexity index is 3860. The van der Waals surface area contributed by atoms with Gasteiger partial charge in [0.1, 0.15) is 38.4 Å². The van der Waals surface area contributed by atoms with E-state index in [1.54, 1.807) is 41.5 Å². The highest BCUT2D eigenvalue weighted by molar-refractivity contribution is 7.87. The van der Waals surface area contributed by atoms with E-state index in [4.69, 9.17) is 28.4 Å². The quantitative estimate of drug-likeness (QED) is 0.0800. The molecule has 14 saturated carbocycles. The van der Waals surface area contributed by atoms with Gasteiger partial charge in [-0.1, -0.05) is 27.7 Å². The maximum atomic E-state index is 13.4. The van der Waals surface area contributed by atoms with Gasteiger partial charge >= 0.3 is 47.0 Å². The molecule has 0 aromatic rings. The van der Waals surface area contributed by atoms with Crippen LogP contribution in [0.15, 0.2) is 0 Å². The van der Waals surface area contributed by atoms with Gasteiger partial charge in [0, 0.05) is 22.7 Å². The molecule has 16 fully saturated rings. The highest BCUT2D eigenvalue weighted by atomic mass is 32.2. The molecule has 7 unspecified atom stereocenters. The molecular weight excluding hydrogens is 1480 g/mol. The number of carbonyl (C=O) groups is 8. The Kier molecular flexibility index (Phi) is 23.0. The number of alkyl halides is 3. The van der Waals surface area contributed by atoms with Gasteiger partial charge < -0.3 is 55.9 Å². The van der Waals surface area contributed by atoms with Gasteiger partial charge in [-0.2, -0.15) is 8.78 Å². The summed E-state index contributed by atoms with van der Waals surface area (Å²) in [4.78, 5) is 96.8. The summed E-state index contributed by atoms with van der Waals surface area (Å²) in [5, 5.41) is -4.74. The Morgan fingerprint density at radius 3 is 1.14 bits per heavy atom. The summed E-state index contributed by atoms with van der Waals surface area (Å²) in [5.41, 5.74) is -7.75. The number of halogens is 3. The molecule has 38 heteroatoms. The second kappa shape index (κ2) is 28.7. The molecule has 0 aromatic heterocycles. The maximum absolute atomic E-state index is 13.4. The van der Waals surface area contributed by atoms with Gasteiger partial charge in [-0.25, -0.2) is 56.1 Å². The molecule has 0 amide bonds. The second-order valence-corrected chi connectivity index (χ2v) is 40.6. The Labute approximate surface area is 597 Å². The molecule has 16 bridgehead atoms. The average molecular weight is 1570 g/mol. The molecule has 16 aliphatic rings. The summed E-state index contributed by atoms with van der Waals surface area (Å²) < 4.78 is 231. The third-order valence-corrected chi connectivity index (χ3v) is 29.3. The Hall–Kier alpha value is -4.70. The van der Waals surface area contributed by atoms with E-state index in [-0.39, 0.29) is 73.0 Å². The first-order valence-electron chi connectivity index (χ1n) is 34.6. The number of esters is 7. The predicted molar refractivity (Wildman–Crippen MR) is 339 cm³/mol. The van der Waals surface area contributed by atoms with Crippen LogP contribution in [-0.4, -0.2) is 191 Å². The monoisotopic (exact) mass is 1570 g/mol. The van der Waals surface area contributed by atoms with Crippen LogP contribution in [0.5, 0.6) is 0 Å². The number of rotatable bonds is 22. The topological polar surface area (TPSA) is 487 Å². The molecule has 2 saturated heterocycles. The van der Waals surface area contributed by atoms with E-state index in [1.165, 1.54) is 38.5 Å². The van der Waals surface area contributed by atoms with Crippen LogP contribution in [0, 0.1) is 91.2 Å². The number of ketones is 1. The first kappa shape index (κ1) is 82.4. The van der Waals surface area contributed by atoms with Crippen molar-refractivity contribution in [1.29, 1.82) is 0 Å². The van der Waals surface area contributed by atoms with Gasteiger partial charge in [0.2, 0.25) is 11.2 Å². The lowest BCUT2D eigenvalue weighted by molar-refractivity contribution is -0.186. The lowest BCUT2D eigenvalue weighted by Gasteiger charge is -2.56. The smallest absolute Gasteiger partial charge is 0.367 e. The highest BCUT2D eigenvalue weighted by Gasteiger charge is 2.78. The minimum absolute atomic E-state index is 0.0305. The molecule has 0 radical (unpaired) electrons. The number of Topliss-reactive ketones (excluding diaryl/α,β-unsaturated/α-hetero) is 1. The minimum Gasteiger partial charge on any atom is -0.748 e. The Morgan fingerprint density at radius 2 is 0.806 bits per heavy atom. The zero-order chi connectivity index (χ0) is 76.8. The fraction of sp³-hybridized carbons (Fsp3) is 0.877. The van der Waals surface area contributed by atoms with Gasteiger partial charge in [0.05, 0.1) is 91.6 Å². The van der Waals surface area contributed by atoms with Crippen LogP contribution in [0.4, 0.5) is 13.2 Å². The van der Waals surface area contributed by atoms with Gasteiger partial charge in [-0.3, -0.25) is 28.8 Å². The summed E-state index contributed by atoms with van der Waals surface area (Å²) in [6, 6.07) is 0. The largest absolute Gasteiger partial charge is 0.748 e. The van der Waals surface area contributed by atoms with E-state index < -0.39 is 166 Å². The van der Waals surface area contributed by atoms with Crippen molar-refractivity contribution in [2.75, 3.05) is 56.0 Å². The van der Waals surface area contributed by atoms with E-state index in [2.05, 4.69) is 4.74 Å². The molecule has 14 aliphatic carbocycles. The van der Waals surface area contributed by atoms with Gasteiger partial charge in [0.15, 0.2) is 16.7 Å². The van der Waals surface area contributed by atoms with E-state index in [0.717, 1.165) is 75.5 Å². The van der Waals surface area contributed by atoms with Crippen molar-refractivity contribution in [3.8, 4) is 0 Å². The molecule has 2 aliphatic heterocycles. The molecule has 586 valence electrons. The SMILES string of the molecule is CC12CCC(C(=O)OCC(F)(F)S(=O)(=O)[O-])(OC1=O)C2(C)C.CC12CCC(C(=O)OCC(F)CS(=O)(=O)[O-])(OC1=O)C2(C)C.O=C(CC12CC3CC(CC(C3)C1)C2)OCCS(=O)(=O)[O-].O=C(OCCS(=O)(=O)[O-])C12CC3CC(CC(C3)C1)C2.O=C1C2CC3CC1CC(C(=O)OCCS(=O)(=O)[O-])(C3)C2. The number of carbonyl (C=O) groups excluding carboxylic acids is 8. The lowest BCUT2D eigenvalue weighted by Crippen LogP contribution is -2.55. The summed E-state index contributed by atoms with van der Waals surface area (Å²) in [5.74, 6) is -2.67.